The molecule has 6 nitrogen and oxygen atoms in total. The third kappa shape index (κ3) is 3.44. The molecule has 2 aromatic rings. The summed E-state index contributed by atoms with van der Waals surface area (Å²) in [5, 5.41) is 3.50. The van der Waals surface area contributed by atoms with Gasteiger partial charge in [-0.05, 0) is 31.9 Å². The van der Waals surface area contributed by atoms with E-state index in [0.29, 0.717) is 12.1 Å². The summed E-state index contributed by atoms with van der Waals surface area (Å²) >= 11 is 0. The van der Waals surface area contributed by atoms with Crippen LogP contribution in [-0.2, 0) is 0 Å². The zero-order valence-electron chi connectivity index (χ0n) is 13.0. The van der Waals surface area contributed by atoms with E-state index >= 15 is 0 Å². The average Bonchev–Trinajstić information content (AvgIpc) is 2.56. The van der Waals surface area contributed by atoms with Gasteiger partial charge in [0.15, 0.2) is 0 Å². The highest BCUT2D eigenvalue weighted by molar-refractivity contribution is 5.45. The minimum absolute atomic E-state index is 0.414. The van der Waals surface area contributed by atoms with Crippen LogP contribution in [0.2, 0.25) is 0 Å². The fourth-order valence-corrected chi connectivity index (χ4v) is 2.75. The number of nitrogens with zero attached hydrogens (tertiary/aromatic N) is 4. The molecule has 0 spiro atoms. The molecule has 1 fully saturated rings. The van der Waals surface area contributed by atoms with Crippen LogP contribution in [0.25, 0.3) is 0 Å². The molecule has 2 aromatic heterocycles. The predicted molar refractivity (Wildman–Crippen MR) is 86.4 cm³/mol. The lowest BCUT2D eigenvalue weighted by molar-refractivity contribution is 0.379. The third-order valence-electron chi connectivity index (χ3n) is 3.89. The summed E-state index contributed by atoms with van der Waals surface area (Å²) in [5.41, 5.74) is 2.15. The number of aryl methyl sites for hydroxylation is 1. The molecule has 0 amide bonds. The van der Waals surface area contributed by atoms with Crippen LogP contribution in [0.3, 0.4) is 0 Å². The van der Waals surface area contributed by atoms with Gasteiger partial charge in [-0.2, -0.15) is 4.98 Å². The van der Waals surface area contributed by atoms with Crippen LogP contribution in [-0.4, -0.2) is 41.2 Å². The van der Waals surface area contributed by atoms with E-state index in [-0.39, 0.29) is 0 Å². The lowest BCUT2D eigenvalue weighted by Gasteiger charge is -2.34. The summed E-state index contributed by atoms with van der Waals surface area (Å²) in [7, 11) is 1.59. The zero-order valence-corrected chi connectivity index (χ0v) is 13.0. The molecule has 1 aliphatic rings. The summed E-state index contributed by atoms with van der Waals surface area (Å²) in [4.78, 5) is 15.0. The van der Waals surface area contributed by atoms with Crippen molar-refractivity contribution in [2.24, 2.45) is 0 Å². The van der Waals surface area contributed by atoms with Crippen molar-refractivity contribution in [3.63, 3.8) is 0 Å². The van der Waals surface area contributed by atoms with Crippen molar-refractivity contribution in [2.75, 3.05) is 30.4 Å². The molecule has 0 aliphatic carbocycles. The molecule has 0 aromatic carbocycles. The number of aromatic nitrogens is 3. The molecule has 1 saturated heterocycles. The lowest BCUT2D eigenvalue weighted by atomic mass is 10.0. The maximum absolute atomic E-state index is 5.12. The number of nitrogens with one attached hydrogen (secondary N) is 1. The standard InChI is InChI=1S/C16H21N5O/c1-12-11-15(20-16(18-12)22-2)19-13-5-9-21(10-6-13)14-3-7-17-8-4-14/h3-4,7-8,11,13H,5-6,9-10H2,1-2H3,(H,18,19,20). The Balaban J connectivity index is 1.59. The molecular weight excluding hydrogens is 278 g/mol. The van der Waals surface area contributed by atoms with Crippen molar-refractivity contribution in [2.45, 2.75) is 25.8 Å². The molecule has 6 heteroatoms. The van der Waals surface area contributed by atoms with E-state index in [9.17, 15) is 0 Å². The van der Waals surface area contributed by atoms with E-state index in [1.165, 1.54) is 5.69 Å². The molecule has 1 aliphatic heterocycles. The van der Waals surface area contributed by atoms with Gasteiger partial charge in [-0.25, -0.2) is 4.98 Å². The first-order valence-corrected chi connectivity index (χ1v) is 7.56. The second-order valence-corrected chi connectivity index (χ2v) is 5.49. The first-order chi connectivity index (χ1) is 10.7. The minimum atomic E-state index is 0.414. The number of methoxy groups -OCH3 is 1. The highest BCUT2D eigenvalue weighted by atomic mass is 16.5. The quantitative estimate of drug-likeness (QED) is 0.934. The molecule has 1 N–H and O–H groups in total. The SMILES string of the molecule is COc1nc(C)cc(NC2CCN(c3ccncc3)CC2)n1. The van der Waals surface area contributed by atoms with Crippen LogP contribution in [0.15, 0.2) is 30.6 Å². The first kappa shape index (κ1) is 14.6. The largest absolute Gasteiger partial charge is 0.467 e. The van der Waals surface area contributed by atoms with Crippen LogP contribution in [0.4, 0.5) is 11.5 Å². The lowest BCUT2D eigenvalue weighted by Crippen LogP contribution is -2.39. The number of piperidine rings is 1. The molecule has 3 heterocycles. The van der Waals surface area contributed by atoms with Crippen LogP contribution >= 0.6 is 0 Å². The highest BCUT2D eigenvalue weighted by Gasteiger charge is 2.20. The number of rotatable bonds is 4. The van der Waals surface area contributed by atoms with Gasteiger partial charge >= 0.3 is 6.01 Å². The smallest absolute Gasteiger partial charge is 0.318 e. The normalized spacial score (nSPS) is 15.6. The number of pyridine rings is 1. The van der Waals surface area contributed by atoms with Gasteiger partial charge in [0, 0.05) is 49.0 Å². The average molecular weight is 299 g/mol. The van der Waals surface area contributed by atoms with Crippen LogP contribution in [0.5, 0.6) is 6.01 Å². The van der Waals surface area contributed by atoms with Crippen molar-refractivity contribution in [3.8, 4) is 6.01 Å². The van der Waals surface area contributed by atoms with Gasteiger partial charge in [-0.1, -0.05) is 0 Å². The highest BCUT2D eigenvalue weighted by Crippen LogP contribution is 2.21. The fraction of sp³-hybridized carbons (Fsp3) is 0.438. The monoisotopic (exact) mass is 299 g/mol. The van der Waals surface area contributed by atoms with E-state index in [1.807, 2.05) is 25.4 Å². The molecule has 0 saturated carbocycles. The summed E-state index contributed by atoms with van der Waals surface area (Å²) in [6.07, 6.45) is 5.84. The van der Waals surface area contributed by atoms with E-state index < -0.39 is 0 Å². The van der Waals surface area contributed by atoms with Crippen LogP contribution < -0.4 is 15.0 Å². The molecule has 0 unspecified atom stereocenters. The van der Waals surface area contributed by atoms with Gasteiger partial charge in [0.25, 0.3) is 0 Å². The number of hydrogen-bond donors (Lipinski definition) is 1. The zero-order chi connectivity index (χ0) is 15.4. The Morgan fingerprint density at radius 1 is 1.18 bits per heavy atom. The first-order valence-electron chi connectivity index (χ1n) is 7.56. The molecule has 0 bridgehead atoms. The van der Waals surface area contributed by atoms with Gasteiger partial charge in [0.1, 0.15) is 5.82 Å². The molecular formula is C16H21N5O. The Kier molecular flexibility index (Phi) is 4.37. The Hall–Kier alpha value is -2.37. The Labute approximate surface area is 130 Å². The van der Waals surface area contributed by atoms with Crippen molar-refractivity contribution in [3.05, 3.63) is 36.3 Å². The summed E-state index contributed by atoms with van der Waals surface area (Å²) < 4.78 is 5.12. The van der Waals surface area contributed by atoms with Crippen molar-refractivity contribution in [1.29, 1.82) is 0 Å². The minimum Gasteiger partial charge on any atom is -0.467 e. The molecule has 116 valence electrons. The van der Waals surface area contributed by atoms with Gasteiger partial charge in [0.05, 0.1) is 7.11 Å². The maximum atomic E-state index is 5.12. The molecule has 0 radical (unpaired) electrons. The van der Waals surface area contributed by atoms with E-state index in [2.05, 4.69) is 37.3 Å². The summed E-state index contributed by atoms with van der Waals surface area (Å²) in [5.74, 6) is 0.840. The van der Waals surface area contributed by atoms with E-state index in [1.54, 1.807) is 7.11 Å². The van der Waals surface area contributed by atoms with Crippen LogP contribution in [0, 0.1) is 6.92 Å². The molecule has 22 heavy (non-hydrogen) atoms. The predicted octanol–water partition coefficient (Wildman–Crippen LogP) is 2.27. The van der Waals surface area contributed by atoms with Gasteiger partial charge < -0.3 is 15.0 Å². The van der Waals surface area contributed by atoms with Gasteiger partial charge in [-0.3, -0.25) is 4.98 Å². The number of anilines is 2. The van der Waals surface area contributed by atoms with Crippen molar-refractivity contribution in [1.82, 2.24) is 15.0 Å². The Morgan fingerprint density at radius 3 is 2.59 bits per heavy atom. The fourth-order valence-electron chi connectivity index (χ4n) is 2.75. The Bertz CT molecular complexity index is 611. The second-order valence-electron chi connectivity index (χ2n) is 5.49. The number of hydrogen-bond acceptors (Lipinski definition) is 6. The summed E-state index contributed by atoms with van der Waals surface area (Å²) in [6, 6.07) is 6.92. The van der Waals surface area contributed by atoms with E-state index in [4.69, 9.17) is 4.74 Å². The summed E-state index contributed by atoms with van der Waals surface area (Å²) in [6.45, 7) is 4.01. The maximum Gasteiger partial charge on any atom is 0.318 e. The topological polar surface area (TPSA) is 63.2 Å². The molecule has 0 atom stereocenters. The van der Waals surface area contributed by atoms with E-state index in [0.717, 1.165) is 37.4 Å². The van der Waals surface area contributed by atoms with Crippen molar-refractivity contribution < 1.29 is 4.74 Å². The Morgan fingerprint density at radius 2 is 1.91 bits per heavy atom. The third-order valence-corrected chi connectivity index (χ3v) is 3.89. The van der Waals surface area contributed by atoms with Crippen molar-refractivity contribution >= 4 is 11.5 Å². The second kappa shape index (κ2) is 6.60. The van der Waals surface area contributed by atoms with Gasteiger partial charge in [0.2, 0.25) is 0 Å². The van der Waals surface area contributed by atoms with Crippen LogP contribution in [0.1, 0.15) is 18.5 Å². The van der Waals surface area contributed by atoms with Gasteiger partial charge in [-0.15, -0.1) is 0 Å². The molecule has 3 rings (SSSR count). The number of ether oxygens (including phenoxy) is 1.